The van der Waals surface area contributed by atoms with Gasteiger partial charge in [0.1, 0.15) is 40.7 Å². The Morgan fingerprint density at radius 2 is 1.96 bits per heavy atom. The monoisotopic (exact) mass is 840 g/mol. The van der Waals surface area contributed by atoms with Crippen LogP contribution in [0.1, 0.15) is 66.4 Å². The summed E-state index contributed by atoms with van der Waals surface area (Å²) in [4.78, 5) is 56.8. The van der Waals surface area contributed by atoms with E-state index in [4.69, 9.17) is 41.0 Å². The highest BCUT2D eigenvalue weighted by atomic mass is 35.5. The first kappa shape index (κ1) is 45.7. The molecule has 3 aliphatic heterocycles. The number of fused-ring (bicyclic) bond motifs is 5. The largest absolute Gasteiger partial charge is 0.495 e. The van der Waals surface area contributed by atoms with Crippen molar-refractivity contribution in [3.63, 3.8) is 0 Å². The van der Waals surface area contributed by atoms with Gasteiger partial charge < -0.3 is 44.3 Å². The van der Waals surface area contributed by atoms with Gasteiger partial charge in [-0.1, -0.05) is 63.9 Å². The number of amides is 3. The van der Waals surface area contributed by atoms with Crippen LogP contribution in [0.25, 0.3) is 0 Å². The topological polar surface area (TPSA) is 182 Å². The van der Waals surface area contributed by atoms with Crippen molar-refractivity contribution in [2.45, 2.75) is 114 Å². The summed E-state index contributed by atoms with van der Waals surface area (Å²) < 4.78 is 29.2. The number of carbonyl (C=O) groups is 4. The lowest BCUT2D eigenvalue weighted by Crippen LogP contribution is -2.63. The molecule has 312 valence electrons. The third kappa shape index (κ3) is 10.7. The minimum atomic E-state index is -1.83. The van der Waals surface area contributed by atoms with Crippen molar-refractivity contribution >= 4 is 62.8 Å². The van der Waals surface area contributed by atoms with Crippen molar-refractivity contribution in [3.8, 4) is 5.75 Å². The maximum absolute atomic E-state index is 14.2. The molecule has 3 amide bonds. The zero-order valence-electron chi connectivity index (χ0n) is 33.9. The molecule has 8 atom stereocenters. The molecule has 0 aliphatic carbocycles. The standard InChI is InChI=1S/C39H57ClN4O10S2/c1-22-12-11-13-29(51-10)39(49)20-28(52-36(48)42-39)23(2)34-38(6,54-34)30(19-32(46)44(8)26-17-25(16-22)18-27(50-9)33(26)40)53-35(47)24(3)43(7)31(45)14-15-55-56-37(4,5)21-41/h11-13,17-18,23-24,28-30,34,49H,14-16,19-21,41H2,1-10H3,(H,42,48)/b13-11+,22-12+/t23-,24+,28+,29-,30+,34+,38-,39+/m1/s1. The van der Waals surface area contributed by atoms with Gasteiger partial charge in [-0.2, -0.15) is 0 Å². The summed E-state index contributed by atoms with van der Waals surface area (Å²) in [5, 5.41) is 14.5. The van der Waals surface area contributed by atoms with Gasteiger partial charge in [0.25, 0.3) is 0 Å². The van der Waals surface area contributed by atoms with Gasteiger partial charge >= 0.3 is 12.1 Å². The van der Waals surface area contributed by atoms with Crippen LogP contribution in [0, 0.1) is 5.92 Å². The number of esters is 1. The van der Waals surface area contributed by atoms with Gasteiger partial charge in [-0.25, -0.2) is 9.59 Å². The van der Waals surface area contributed by atoms with Crippen LogP contribution in [0.3, 0.4) is 0 Å². The van der Waals surface area contributed by atoms with Gasteiger partial charge in [0.2, 0.25) is 11.8 Å². The number of ether oxygens (including phenoxy) is 5. The molecule has 3 heterocycles. The summed E-state index contributed by atoms with van der Waals surface area (Å²) >= 11 is 6.78. The quantitative estimate of drug-likeness (QED) is 0.117. The number of nitrogens with zero attached hydrogens (tertiary/aromatic N) is 2. The summed E-state index contributed by atoms with van der Waals surface area (Å²) in [6.07, 6.45) is 1.10. The molecule has 0 spiro atoms. The molecular weight excluding hydrogens is 784 g/mol. The molecule has 4 bridgehead atoms. The van der Waals surface area contributed by atoms with E-state index in [0.29, 0.717) is 30.2 Å². The van der Waals surface area contributed by atoms with Crippen LogP contribution >= 0.6 is 33.2 Å². The number of hydrogen-bond donors (Lipinski definition) is 3. The second-order valence-corrected chi connectivity index (χ2v) is 19.0. The molecule has 1 aromatic carbocycles. The van der Waals surface area contributed by atoms with E-state index in [-0.39, 0.29) is 34.9 Å². The summed E-state index contributed by atoms with van der Waals surface area (Å²) in [5.74, 6) is -1.05. The number of halogens is 1. The number of epoxide rings is 1. The first-order chi connectivity index (χ1) is 26.2. The smallest absolute Gasteiger partial charge is 0.409 e. The minimum Gasteiger partial charge on any atom is -0.495 e. The van der Waals surface area contributed by atoms with Crippen molar-refractivity contribution in [2.75, 3.05) is 45.5 Å². The number of likely N-dealkylation sites (N-methyl/N-ethyl adjacent to an activating group) is 1. The number of carbonyl (C=O) groups excluding carboxylic acids is 4. The predicted molar refractivity (Wildman–Crippen MR) is 219 cm³/mol. The zero-order chi connectivity index (χ0) is 41.7. The highest BCUT2D eigenvalue weighted by Crippen LogP contribution is 2.49. The Balaban J connectivity index is 1.68. The molecule has 2 fully saturated rings. The van der Waals surface area contributed by atoms with Gasteiger partial charge in [-0.3, -0.25) is 14.9 Å². The number of rotatable bonds is 11. The van der Waals surface area contributed by atoms with Crippen LogP contribution in [-0.2, 0) is 39.8 Å². The van der Waals surface area contributed by atoms with E-state index in [9.17, 15) is 24.3 Å². The number of nitrogens with one attached hydrogen (secondary N) is 1. The van der Waals surface area contributed by atoms with E-state index in [1.165, 1.54) is 31.1 Å². The van der Waals surface area contributed by atoms with Crippen LogP contribution < -0.4 is 20.7 Å². The zero-order valence-corrected chi connectivity index (χ0v) is 36.3. The average molecular weight is 841 g/mol. The molecule has 17 heteroatoms. The maximum Gasteiger partial charge on any atom is 0.409 e. The molecule has 14 nitrogen and oxygen atoms in total. The predicted octanol–water partition coefficient (Wildman–Crippen LogP) is 5.02. The molecule has 0 unspecified atom stereocenters. The normalized spacial score (nSPS) is 30.5. The summed E-state index contributed by atoms with van der Waals surface area (Å²) in [6.45, 7) is 11.6. The number of anilines is 1. The fourth-order valence-electron chi connectivity index (χ4n) is 6.76. The number of allylic oxidation sites excluding steroid dienone is 3. The average Bonchev–Trinajstić information content (AvgIpc) is 3.85. The molecule has 1 aromatic rings. The fraction of sp³-hybridized carbons (Fsp3) is 0.641. The molecule has 0 aromatic heterocycles. The lowest BCUT2D eigenvalue weighted by molar-refractivity contribution is -0.162. The fourth-order valence-corrected chi connectivity index (χ4v) is 9.46. The van der Waals surface area contributed by atoms with E-state index < -0.39 is 65.7 Å². The van der Waals surface area contributed by atoms with Gasteiger partial charge in [0, 0.05) is 57.0 Å². The van der Waals surface area contributed by atoms with Crippen molar-refractivity contribution < 1.29 is 48.0 Å². The SMILES string of the molecule is COc1cc2cc(c1Cl)N(C)C(=O)C[C@H](OC(=O)[C@H](C)N(C)C(=O)CCSSC(C)(C)CN)[C@@]1(C)O[C@H]1[C@H](C)[C@@H]1C[C@@](O)(NC(=O)O1)[C@H](OC)/C=C/C=C(\C)C2. The second kappa shape index (κ2) is 18.7. The lowest BCUT2D eigenvalue weighted by Gasteiger charge is -2.42. The molecule has 4 rings (SSSR count). The molecule has 4 N–H and O–H groups in total. The maximum atomic E-state index is 14.2. The van der Waals surface area contributed by atoms with Crippen LogP contribution in [-0.4, -0.2) is 121 Å². The molecule has 3 aliphatic rings. The third-order valence-electron chi connectivity index (χ3n) is 10.7. The van der Waals surface area contributed by atoms with Gasteiger partial charge in [-0.05, 0) is 58.7 Å². The highest BCUT2D eigenvalue weighted by Gasteiger charge is 2.64. The first-order valence-corrected chi connectivity index (χ1v) is 21.3. The van der Waals surface area contributed by atoms with Crippen LogP contribution in [0.2, 0.25) is 5.02 Å². The van der Waals surface area contributed by atoms with Crippen LogP contribution in [0.5, 0.6) is 5.75 Å². The van der Waals surface area contributed by atoms with Crippen molar-refractivity contribution in [1.82, 2.24) is 10.2 Å². The van der Waals surface area contributed by atoms with Crippen molar-refractivity contribution in [3.05, 3.63) is 46.5 Å². The van der Waals surface area contributed by atoms with Crippen LogP contribution in [0.15, 0.2) is 35.9 Å². The number of benzene rings is 1. The van der Waals surface area contributed by atoms with Crippen LogP contribution in [0.4, 0.5) is 10.5 Å². The summed E-state index contributed by atoms with van der Waals surface area (Å²) in [6, 6.07) is 2.60. The second-order valence-electron chi connectivity index (χ2n) is 15.5. The van der Waals surface area contributed by atoms with Gasteiger partial charge in [-0.15, -0.1) is 0 Å². The number of methoxy groups -OCH3 is 2. The van der Waals surface area contributed by atoms with Crippen molar-refractivity contribution in [1.29, 1.82) is 0 Å². The Morgan fingerprint density at radius 3 is 2.61 bits per heavy atom. The molecule has 56 heavy (non-hydrogen) atoms. The molecule has 2 saturated heterocycles. The Labute approximate surface area is 342 Å². The summed E-state index contributed by atoms with van der Waals surface area (Å²) in [5.41, 5.74) is 4.89. The number of nitrogens with two attached hydrogens (primary N) is 1. The highest BCUT2D eigenvalue weighted by molar-refractivity contribution is 8.77. The first-order valence-electron chi connectivity index (χ1n) is 18.6. The molecule has 0 radical (unpaired) electrons. The van der Waals surface area contributed by atoms with Crippen molar-refractivity contribution in [2.24, 2.45) is 11.7 Å². The number of hydrogen-bond acceptors (Lipinski definition) is 13. The Hall–Kier alpha value is -2.99. The Kier molecular flexibility index (Phi) is 15.3. The van der Waals surface area contributed by atoms with E-state index in [1.807, 2.05) is 26.8 Å². The van der Waals surface area contributed by atoms with Gasteiger partial charge in [0.15, 0.2) is 5.72 Å². The van der Waals surface area contributed by atoms with E-state index >= 15 is 0 Å². The molecular formula is C39H57ClN4O10S2. The third-order valence-corrected chi connectivity index (χ3v) is 14.4. The van der Waals surface area contributed by atoms with E-state index in [2.05, 4.69) is 5.32 Å². The molecule has 0 saturated carbocycles. The van der Waals surface area contributed by atoms with E-state index in [1.54, 1.807) is 73.7 Å². The minimum absolute atomic E-state index is 0.0535. The van der Waals surface area contributed by atoms with E-state index in [0.717, 1.165) is 11.1 Å². The Bertz CT molecular complexity index is 1700. The Morgan fingerprint density at radius 1 is 1.27 bits per heavy atom. The number of aliphatic hydroxyl groups is 1. The summed E-state index contributed by atoms with van der Waals surface area (Å²) in [7, 11) is 9.18. The van der Waals surface area contributed by atoms with Gasteiger partial charge in [0.05, 0.1) is 25.3 Å². The lowest BCUT2D eigenvalue weighted by atomic mass is 9.83. The number of alkyl carbamates (subject to hydrolysis) is 1.